The Kier molecular flexibility index (Phi) is 6.69. The van der Waals surface area contributed by atoms with Crippen molar-refractivity contribution in [2.75, 3.05) is 32.8 Å². The molecule has 128 valence electrons. The third-order valence-corrected chi connectivity index (χ3v) is 5.87. The zero-order valence-electron chi connectivity index (χ0n) is 14.4. The van der Waals surface area contributed by atoms with Crippen molar-refractivity contribution < 1.29 is 9.90 Å². The van der Waals surface area contributed by atoms with E-state index in [9.17, 15) is 4.79 Å². The smallest absolute Gasteiger partial charge is 0.220 e. The molecule has 1 atom stereocenters. The summed E-state index contributed by atoms with van der Waals surface area (Å²) in [5.74, 6) is 1.41. The van der Waals surface area contributed by atoms with Crippen LogP contribution in [0.5, 0.6) is 0 Å². The average molecular weight is 310 g/mol. The summed E-state index contributed by atoms with van der Waals surface area (Å²) in [7, 11) is 0. The number of nitrogens with one attached hydrogen (secondary N) is 1. The van der Waals surface area contributed by atoms with Crippen molar-refractivity contribution in [3.8, 4) is 0 Å². The zero-order chi connectivity index (χ0) is 16.0. The second-order valence-electron chi connectivity index (χ2n) is 7.95. The van der Waals surface area contributed by atoms with E-state index in [4.69, 9.17) is 5.11 Å². The third-order valence-electron chi connectivity index (χ3n) is 5.87. The highest BCUT2D eigenvalue weighted by Crippen LogP contribution is 2.42. The maximum absolute atomic E-state index is 12.3. The molecule has 1 saturated heterocycles. The number of hydrogen-bond acceptors (Lipinski definition) is 3. The van der Waals surface area contributed by atoms with E-state index < -0.39 is 0 Å². The number of carbonyl (C=O) groups is 1. The molecular weight excluding hydrogens is 276 g/mol. The number of β-amino-alcohol motifs (C(OH)–C–C–N with tert-alkyl or cyclic N) is 1. The highest BCUT2D eigenvalue weighted by Gasteiger charge is 2.33. The zero-order valence-corrected chi connectivity index (χ0v) is 14.4. The molecule has 2 N–H and O–H groups in total. The standard InChI is InChI=1S/C18H34N2O2/c1-18(2)8-4-3-5-16(18)13-17(22)19-14-15-6-9-20(10-7-15)11-12-21/h15-16,21H,3-14H2,1-2H3,(H,19,22). The van der Waals surface area contributed by atoms with Crippen LogP contribution in [0.2, 0.25) is 0 Å². The molecule has 2 fully saturated rings. The third kappa shape index (κ3) is 5.24. The first-order valence-corrected chi connectivity index (χ1v) is 9.11. The minimum Gasteiger partial charge on any atom is -0.395 e. The molecule has 0 spiro atoms. The number of hydrogen-bond donors (Lipinski definition) is 2. The van der Waals surface area contributed by atoms with Crippen molar-refractivity contribution in [1.82, 2.24) is 10.2 Å². The molecule has 4 heteroatoms. The van der Waals surface area contributed by atoms with Gasteiger partial charge in [0, 0.05) is 19.5 Å². The lowest BCUT2D eigenvalue weighted by Gasteiger charge is -2.38. The Labute approximate surface area is 135 Å². The number of aliphatic hydroxyl groups is 1. The van der Waals surface area contributed by atoms with Gasteiger partial charge >= 0.3 is 0 Å². The Balaban J connectivity index is 1.66. The molecule has 1 heterocycles. The summed E-state index contributed by atoms with van der Waals surface area (Å²) < 4.78 is 0. The Bertz CT molecular complexity index is 349. The second kappa shape index (κ2) is 8.30. The van der Waals surface area contributed by atoms with Gasteiger partial charge in [0.2, 0.25) is 5.91 Å². The maximum Gasteiger partial charge on any atom is 0.220 e. The van der Waals surface area contributed by atoms with Gasteiger partial charge in [-0.25, -0.2) is 0 Å². The molecule has 2 aliphatic rings. The fraction of sp³-hybridized carbons (Fsp3) is 0.944. The minimum atomic E-state index is 0.248. The lowest BCUT2D eigenvalue weighted by atomic mass is 9.67. The normalized spacial score (nSPS) is 26.8. The number of likely N-dealkylation sites (tertiary alicyclic amines) is 1. The van der Waals surface area contributed by atoms with E-state index in [1.54, 1.807) is 0 Å². The van der Waals surface area contributed by atoms with Crippen LogP contribution < -0.4 is 5.32 Å². The molecule has 0 aromatic rings. The van der Waals surface area contributed by atoms with Crippen LogP contribution >= 0.6 is 0 Å². The van der Waals surface area contributed by atoms with Gasteiger partial charge in [-0.05, 0) is 56.0 Å². The Morgan fingerprint density at radius 1 is 1.23 bits per heavy atom. The SMILES string of the molecule is CC1(C)CCCCC1CC(=O)NCC1CCN(CCO)CC1. The van der Waals surface area contributed by atoms with Crippen molar-refractivity contribution in [2.45, 2.75) is 58.8 Å². The first-order chi connectivity index (χ1) is 10.5. The van der Waals surface area contributed by atoms with Gasteiger partial charge in [-0.2, -0.15) is 0 Å². The summed E-state index contributed by atoms with van der Waals surface area (Å²) in [6, 6.07) is 0. The molecule has 1 unspecified atom stereocenters. The summed E-state index contributed by atoms with van der Waals surface area (Å²) in [5, 5.41) is 12.1. The van der Waals surface area contributed by atoms with Gasteiger partial charge in [-0.3, -0.25) is 4.79 Å². The largest absolute Gasteiger partial charge is 0.395 e. The number of aliphatic hydroxyl groups excluding tert-OH is 1. The summed E-state index contributed by atoms with van der Waals surface area (Å²) >= 11 is 0. The first kappa shape index (κ1) is 17.7. The molecule has 2 rings (SSSR count). The minimum absolute atomic E-state index is 0.248. The van der Waals surface area contributed by atoms with Crippen molar-refractivity contribution in [1.29, 1.82) is 0 Å². The van der Waals surface area contributed by atoms with Gasteiger partial charge in [0.25, 0.3) is 0 Å². The van der Waals surface area contributed by atoms with Crippen LogP contribution in [0, 0.1) is 17.3 Å². The van der Waals surface area contributed by atoms with Gasteiger partial charge in [0.1, 0.15) is 0 Å². The molecular formula is C18H34N2O2. The highest BCUT2D eigenvalue weighted by molar-refractivity contribution is 5.76. The average Bonchev–Trinajstić information content (AvgIpc) is 2.49. The molecule has 4 nitrogen and oxygen atoms in total. The monoisotopic (exact) mass is 310 g/mol. The Hall–Kier alpha value is -0.610. The topological polar surface area (TPSA) is 52.6 Å². The van der Waals surface area contributed by atoms with Crippen molar-refractivity contribution in [3.63, 3.8) is 0 Å². The Morgan fingerprint density at radius 3 is 2.59 bits per heavy atom. The molecule has 1 aliphatic carbocycles. The number of carbonyl (C=O) groups excluding carboxylic acids is 1. The van der Waals surface area contributed by atoms with Gasteiger partial charge in [-0.1, -0.05) is 26.7 Å². The van der Waals surface area contributed by atoms with Crippen LogP contribution in [0.3, 0.4) is 0 Å². The molecule has 0 aromatic carbocycles. The molecule has 1 saturated carbocycles. The summed E-state index contributed by atoms with van der Waals surface area (Å²) in [6.07, 6.45) is 8.04. The summed E-state index contributed by atoms with van der Waals surface area (Å²) in [5.41, 5.74) is 0.325. The summed E-state index contributed by atoms with van der Waals surface area (Å²) in [4.78, 5) is 14.6. The molecule has 1 aliphatic heterocycles. The molecule has 0 aromatic heterocycles. The number of piperidine rings is 1. The van der Waals surface area contributed by atoms with Gasteiger partial charge < -0.3 is 15.3 Å². The summed E-state index contributed by atoms with van der Waals surface area (Å²) in [6.45, 7) is 8.61. The van der Waals surface area contributed by atoms with E-state index in [2.05, 4.69) is 24.1 Å². The second-order valence-corrected chi connectivity index (χ2v) is 7.95. The fourth-order valence-electron chi connectivity index (χ4n) is 4.05. The van der Waals surface area contributed by atoms with Crippen LogP contribution in [-0.4, -0.2) is 48.7 Å². The fourth-order valence-corrected chi connectivity index (χ4v) is 4.05. The molecule has 0 bridgehead atoms. The van der Waals surface area contributed by atoms with Gasteiger partial charge in [0.05, 0.1) is 6.61 Å². The van der Waals surface area contributed by atoms with Crippen LogP contribution in [-0.2, 0) is 4.79 Å². The molecule has 0 radical (unpaired) electrons. The molecule has 1 amide bonds. The maximum atomic E-state index is 12.3. The predicted octanol–water partition coefficient (Wildman–Crippen LogP) is 2.41. The Morgan fingerprint density at radius 2 is 1.95 bits per heavy atom. The van der Waals surface area contributed by atoms with Crippen LogP contribution in [0.1, 0.15) is 58.8 Å². The van der Waals surface area contributed by atoms with Crippen molar-refractivity contribution >= 4 is 5.91 Å². The van der Waals surface area contributed by atoms with Gasteiger partial charge in [0.15, 0.2) is 0 Å². The van der Waals surface area contributed by atoms with Crippen molar-refractivity contribution in [3.05, 3.63) is 0 Å². The first-order valence-electron chi connectivity index (χ1n) is 9.11. The quantitative estimate of drug-likeness (QED) is 0.792. The molecule has 22 heavy (non-hydrogen) atoms. The van der Waals surface area contributed by atoms with Crippen LogP contribution in [0.25, 0.3) is 0 Å². The van der Waals surface area contributed by atoms with Crippen LogP contribution in [0.15, 0.2) is 0 Å². The van der Waals surface area contributed by atoms with E-state index in [1.165, 1.54) is 25.7 Å². The predicted molar refractivity (Wildman–Crippen MR) is 89.6 cm³/mol. The number of rotatable bonds is 6. The number of amides is 1. The van der Waals surface area contributed by atoms with E-state index in [0.717, 1.165) is 39.0 Å². The lowest BCUT2D eigenvalue weighted by molar-refractivity contribution is -0.123. The van der Waals surface area contributed by atoms with E-state index in [0.29, 0.717) is 23.7 Å². The van der Waals surface area contributed by atoms with E-state index >= 15 is 0 Å². The van der Waals surface area contributed by atoms with Gasteiger partial charge in [-0.15, -0.1) is 0 Å². The highest BCUT2D eigenvalue weighted by atomic mass is 16.3. The van der Waals surface area contributed by atoms with E-state index in [1.807, 2.05) is 0 Å². The lowest BCUT2D eigenvalue weighted by Crippen LogP contribution is -2.40. The van der Waals surface area contributed by atoms with Crippen LogP contribution in [0.4, 0.5) is 0 Å². The van der Waals surface area contributed by atoms with Crippen molar-refractivity contribution in [2.24, 2.45) is 17.3 Å². The number of nitrogens with zero attached hydrogens (tertiary/aromatic N) is 1. The van der Waals surface area contributed by atoms with E-state index in [-0.39, 0.29) is 12.5 Å².